The van der Waals surface area contributed by atoms with Crippen LogP contribution in [-0.2, 0) is 16.1 Å². The van der Waals surface area contributed by atoms with Gasteiger partial charge in [-0.15, -0.1) is 0 Å². The second-order valence-electron chi connectivity index (χ2n) is 5.40. The minimum absolute atomic E-state index is 0.00909. The van der Waals surface area contributed by atoms with Gasteiger partial charge in [-0.05, 0) is 23.8 Å². The summed E-state index contributed by atoms with van der Waals surface area (Å²) in [5.41, 5.74) is 5.58. The van der Waals surface area contributed by atoms with Gasteiger partial charge in [0, 0.05) is 16.1 Å². The summed E-state index contributed by atoms with van der Waals surface area (Å²) in [6, 6.07) is 5.70. The molecule has 0 fully saturated rings. The Bertz CT molecular complexity index is 982. The second-order valence-corrected chi connectivity index (χ2v) is 6.24. The maximum absolute atomic E-state index is 12.3. The third-order valence-electron chi connectivity index (χ3n) is 3.84. The first-order chi connectivity index (χ1) is 12.4. The number of hydrogen-bond donors (Lipinski definition) is 2. The monoisotopic (exact) mass is 397 g/mol. The summed E-state index contributed by atoms with van der Waals surface area (Å²) in [4.78, 5) is 24.6. The highest BCUT2D eigenvalue weighted by Gasteiger charge is 2.40. The maximum atomic E-state index is 12.3. The molecule has 0 unspecified atom stereocenters. The van der Waals surface area contributed by atoms with Gasteiger partial charge in [-0.25, -0.2) is 4.79 Å². The van der Waals surface area contributed by atoms with Crippen LogP contribution in [0.4, 0.5) is 0 Å². The number of ether oxygens (including phenoxy) is 2. The van der Waals surface area contributed by atoms with Crippen LogP contribution in [0.1, 0.15) is 23.0 Å². The largest absolute Gasteiger partial charge is 0.465 e. The fourth-order valence-corrected chi connectivity index (χ4v) is 3.13. The number of benzene rings is 1. The highest BCUT2D eigenvalue weighted by atomic mass is 35.5. The minimum Gasteiger partial charge on any atom is -0.465 e. The topological polar surface area (TPSA) is 112 Å². The molecule has 0 bridgehead atoms. The van der Waals surface area contributed by atoms with Crippen molar-refractivity contribution in [3.63, 3.8) is 0 Å². The SMILES string of the molecule is COC(=O)C1=C(N)Oc2c(oc(CO)cc2=O)[C@@H]1c1cc(Cl)ccc1Cl. The lowest BCUT2D eigenvalue weighted by Crippen LogP contribution is -2.30. The predicted octanol–water partition coefficient (Wildman–Crippen LogP) is 2.31. The molecule has 2 heterocycles. The van der Waals surface area contributed by atoms with Crippen molar-refractivity contribution in [1.82, 2.24) is 0 Å². The number of rotatable bonds is 3. The Labute approximate surface area is 157 Å². The smallest absolute Gasteiger partial charge is 0.340 e. The summed E-state index contributed by atoms with van der Waals surface area (Å²) in [6.07, 6.45) is 0. The second kappa shape index (κ2) is 7.03. The van der Waals surface area contributed by atoms with Crippen molar-refractivity contribution in [1.29, 1.82) is 0 Å². The zero-order valence-electron chi connectivity index (χ0n) is 13.4. The van der Waals surface area contributed by atoms with E-state index in [0.29, 0.717) is 10.6 Å². The Hall–Kier alpha value is -2.48. The van der Waals surface area contributed by atoms with Gasteiger partial charge < -0.3 is 24.7 Å². The lowest BCUT2D eigenvalue weighted by atomic mass is 9.86. The van der Waals surface area contributed by atoms with Crippen molar-refractivity contribution in [2.45, 2.75) is 12.5 Å². The quantitative estimate of drug-likeness (QED) is 0.763. The van der Waals surface area contributed by atoms with E-state index in [1.165, 1.54) is 19.2 Å². The standard InChI is InChI=1S/C17H13Cl2NO6/c1-24-17(23)13-12(9-4-7(18)2-3-10(9)19)15-14(26-16(13)20)11(22)5-8(6-21)25-15/h2-5,12,21H,6,20H2,1H3/t12-/m1/s1. The number of halogens is 2. The maximum Gasteiger partial charge on any atom is 0.340 e. The molecule has 1 atom stereocenters. The van der Waals surface area contributed by atoms with Gasteiger partial charge in [-0.2, -0.15) is 0 Å². The van der Waals surface area contributed by atoms with E-state index >= 15 is 0 Å². The van der Waals surface area contributed by atoms with Crippen LogP contribution in [-0.4, -0.2) is 18.2 Å². The van der Waals surface area contributed by atoms with E-state index < -0.39 is 23.9 Å². The molecule has 0 saturated heterocycles. The molecule has 0 amide bonds. The molecule has 0 radical (unpaired) electrons. The van der Waals surface area contributed by atoms with Crippen LogP contribution >= 0.6 is 23.2 Å². The molecule has 0 spiro atoms. The van der Waals surface area contributed by atoms with Gasteiger partial charge in [0.25, 0.3) is 0 Å². The number of aliphatic hydroxyl groups is 1. The van der Waals surface area contributed by atoms with E-state index in [4.69, 9.17) is 42.8 Å². The number of carbonyl (C=O) groups excluding carboxylic acids is 1. The van der Waals surface area contributed by atoms with Crippen LogP contribution in [0.2, 0.25) is 10.0 Å². The average Bonchev–Trinajstić information content (AvgIpc) is 2.62. The van der Waals surface area contributed by atoms with E-state index in [1.807, 2.05) is 0 Å². The molecule has 7 nitrogen and oxygen atoms in total. The molecule has 3 N–H and O–H groups in total. The van der Waals surface area contributed by atoms with Crippen LogP contribution in [0, 0.1) is 0 Å². The lowest BCUT2D eigenvalue weighted by Gasteiger charge is -2.27. The normalized spacial score (nSPS) is 16.1. The Morgan fingerprint density at radius 2 is 2.08 bits per heavy atom. The molecule has 0 saturated carbocycles. The molecule has 3 rings (SSSR count). The first-order valence-corrected chi connectivity index (χ1v) is 8.11. The fourth-order valence-electron chi connectivity index (χ4n) is 2.72. The molecule has 1 aliphatic rings. The third-order valence-corrected chi connectivity index (χ3v) is 4.42. The molecule has 136 valence electrons. The first-order valence-electron chi connectivity index (χ1n) is 7.35. The molecule has 26 heavy (non-hydrogen) atoms. The number of carbonyl (C=O) groups is 1. The van der Waals surface area contributed by atoms with Gasteiger partial charge in [-0.3, -0.25) is 4.79 Å². The molecule has 2 aromatic rings. The van der Waals surface area contributed by atoms with Crippen molar-refractivity contribution in [3.8, 4) is 5.75 Å². The van der Waals surface area contributed by atoms with Crippen molar-refractivity contribution in [3.05, 3.63) is 73.1 Å². The summed E-state index contributed by atoms with van der Waals surface area (Å²) < 4.78 is 15.7. The van der Waals surface area contributed by atoms with E-state index in [-0.39, 0.29) is 33.7 Å². The summed E-state index contributed by atoms with van der Waals surface area (Å²) >= 11 is 12.4. The molecule has 1 aromatic carbocycles. The average molecular weight is 398 g/mol. The van der Waals surface area contributed by atoms with Crippen LogP contribution in [0.15, 0.2) is 44.9 Å². The molecule has 1 aliphatic heterocycles. The summed E-state index contributed by atoms with van der Waals surface area (Å²) in [5, 5.41) is 9.95. The minimum atomic E-state index is -1.00. The van der Waals surface area contributed by atoms with E-state index in [2.05, 4.69) is 0 Å². The van der Waals surface area contributed by atoms with Gasteiger partial charge in [0.05, 0.1) is 13.0 Å². The Morgan fingerprint density at radius 3 is 2.73 bits per heavy atom. The summed E-state index contributed by atoms with van der Waals surface area (Å²) in [6.45, 7) is -0.523. The predicted molar refractivity (Wildman–Crippen MR) is 93.1 cm³/mol. The van der Waals surface area contributed by atoms with Crippen LogP contribution in [0.3, 0.4) is 0 Å². The van der Waals surface area contributed by atoms with Crippen molar-refractivity contribution < 1.29 is 23.8 Å². The number of hydrogen-bond acceptors (Lipinski definition) is 7. The fraction of sp³-hybridized carbons (Fsp3) is 0.176. The highest BCUT2D eigenvalue weighted by Crippen LogP contribution is 2.44. The van der Waals surface area contributed by atoms with Gasteiger partial charge in [0.15, 0.2) is 5.76 Å². The third kappa shape index (κ3) is 3.05. The van der Waals surface area contributed by atoms with Crippen molar-refractivity contribution in [2.75, 3.05) is 7.11 Å². The van der Waals surface area contributed by atoms with Crippen molar-refractivity contribution >= 4 is 29.2 Å². The van der Waals surface area contributed by atoms with Gasteiger partial charge in [-0.1, -0.05) is 23.2 Å². The van der Waals surface area contributed by atoms with Crippen LogP contribution < -0.4 is 15.9 Å². The summed E-state index contributed by atoms with van der Waals surface area (Å²) in [5.74, 6) is -2.34. The molecule has 0 aliphatic carbocycles. The van der Waals surface area contributed by atoms with Crippen LogP contribution in [0.25, 0.3) is 0 Å². The Morgan fingerprint density at radius 1 is 1.35 bits per heavy atom. The van der Waals surface area contributed by atoms with Gasteiger partial charge >= 0.3 is 5.97 Å². The van der Waals surface area contributed by atoms with Gasteiger partial charge in [0.2, 0.25) is 17.1 Å². The van der Waals surface area contributed by atoms with E-state index in [9.17, 15) is 14.7 Å². The number of aliphatic hydroxyl groups excluding tert-OH is 1. The first kappa shape index (κ1) is 18.3. The van der Waals surface area contributed by atoms with E-state index in [1.54, 1.807) is 6.07 Å². The zero-order valence-corrected chi connectivity index (χ0v) is 14.9. The number of methoxy groups -OCH3 is 1. The zero-order chi connectivity index (χ0) is 19.0. The molecule has 9 heteroatoms. The summed E-state index contributed by atoms with van der Waals surface area (Å²) in [7, 11) is 1.18. The molecular weight excluding hydrogens is 385 g/mol. The Kier molecular flexibility index (Phi) is 4.95. The Balaban J connectivity index is 2.36. The van der Waals surface area contributed by atoms with Crippen molar-refractivity contribution in [2.24, 2.45) is 5.73 Å². The van der Waals surface area contributed by atoms with E-state index in [0.717, 1.165) is 6.07 Å². The number of esters is 1. The lowest BCUT2D eigenvalue weighted by molar-refractivity contribution is -0.136. The molecular formula is C17H13Cl2NO6. The highest BCUT2D eigenvalue weighted by molar-refractivity contribution is 6.33. The van der Waals surface area contributed by atoms with Gasteiger partial charge in [0.1, 0.15) is 17.9 Å². The molecule has 1 aromatic heterocycles. The number of fused-ring (bicyclic) bond motifs is 1. The van der Waals surface area contributed by atoms with Crippen LogP contribution in [0.5, 0.6) is 5.75 Å². The number of nitrogens with two attached hydrogens (primary N) is 1.